The van der Waals surface area contributed by atoms with E-state index in [2.05, 4.69) is 40.8 Å². The van der Waals surface area contributed by atoms with Gasteiger partial charge in [0, 0.05) is 29.2 Å². The quantitative estimate of drug-likeness (QED) is 0.326. The second kappa shape index (κ2) is 7.76. The standard InChI is InChI=1S/C26H32O5Si/c1-15-17-9-10-18-19(11-12-20(18)27)23(17)25(31-32(6,7)26(2,3)4)24-22(15)16(14-30-24)8-13-21(28)29-5/h9-10,14H,8,11-13H2,1-7H3. The lowest BCUT2D eigenvalue weighted by atomic mass is 9.93. The van der Waals surface area contributed by atoms with Crippen LogP contribution in [0.15, 0.2) is 22.8 Å². The smallest absolute Gasteiger partial charge is 0.305 e. The van der Waals surface area contributed by atoms with Gasteiger partial charge in [0.1, 0.15) is 0 Å². The number of ether oxygens (including phenoxy) is 1. The molecule has 0 saturated carbocycles. The fraction of sp³-hybridized carbons (Fsp3) is 0.462. The topological polar surface area (TPSA) is 65.7 Å². The van der Waals surface area contributed by atoms with Crippen LogP contribution in [0.5, 0.6) is 5.75 Å². The molecular formula is C26H32O5Si. The largest absolute Gasteiger partial charge is 0.541 e. The highest BCUT2D eigenvalue weighted by molar-refractivity contribution is 6.75. The van der Waals surface area contributed by atoms with Crippen LogP contribution in [0.3, 0.4) is 0 Å². The fourth-order valence-corrected chi connectivity index (χ4v) is 5.37. The van der Waals surface area contributed by atoms with Gasteiger partial charge in [0.05, 0.1) is 13.4 Å². The van der Waals surface area contributed by atoms with E-state index in [0.29, 0.717) is 24.8 Å². The minimum absolute atomic E-state index is 0.00458. The first kappa shape index (κ1) is 22.6. The molecule has 1 aromatic heterocycles. The Bertz CT molecular complexity index is 1240. The van der Waals surface area contributed by atoms with Crippen LogP contribution in [0.2, 0.25) is 18.1 Å². The van der Waals surface area contributed by atoms with E-state index in [1.807, 2.05) is 12.1 Å². The van der Waals surface area contributed by atoms with Crippen molar-refractivity contribution in [3.8, 4) is 5.75 Å². The van der Waals surface area contributed by atoms with Crippen molar-refractivity contribution >= 4 is 41.8 Å². The first-order valence-corrected chi connectivity index (χ1v) is 14.1. The molecule has 4 rings (SSSR count). The maximum absolute atomic E-state index is 12.5. The number of fused-ring (bicyclic) bond motifs is 4. The zero-order valence-electron chi connectivity index (χ0n) is 20.1. The molecule has 0 spiro atoms. The molecule has 0 N–H and O–H groups in total. The second-order valence-electron chi connectivity index (χ2n) is 10.3. The lowest BCUT2D eigenvalue weighted by Gasteiger charge is -2.37. The molecule has 170 valence electrons. The summed E-state index contributed by atoms with van der Waals surface area (Å²) in [6.45, 7) is 13.2. The molecule has 0 bridgehead atoms. The average Bonchev–Trinajstić information content (AvgIpc) is 3.32. The van der Waals surface area contributed by atoms with Gasteiger partial charge in [-0.15, -0.1) is 0 Å². The molecule has 1 aliphatic rings. The third kappa shape index (κ3) is 3.54. The first-order valence-electron chi connectivity index (χ1n) is 11.2. The van der Waals surface area contributed by atoms with Crippen molar-refractivity contribution in [2.75, 3.05) is 7.11 Å². The molecule has 0 radical (unpaired) electrons. The first-order chi connectivity index (χ1) is 15.0. The Morgan fingerprint density at radius 3 is 2.53 bits per heavy atom. The van der Waals surface area contributed by atoms with Gasteiger partial charge in [-0.2, -0.15) is 0 Å². The zero-order valence-corrected chi connectivity index (χ0v) is 21.1. The van der Waals surface area contributed by atoms with E-state index in [4.69, 9.17) is 13.6 Å². The van der Waals surface area contributed by atoms with Crippen LogP contribution in [0.1, 0.15) is 60.7 Å². The summed E-state index contributed by atoms with van der Waals surface area (Å²) in [6.07, 6.45) is 3.83. The normalized spacial score (nSPS) is 14.3. The molecule has 0 fully saturated rings. The number of methoxy groups -OCH3 is 1. The highest BCUT2D eigenvalue weighted by Crippen LogP contribution is 2.47. The van der Waals surface area contributed by atoms with Gasteiger partial charge in [0.15, 0.2) is 17.1 Å². The van der Waals surface area contributed by atoms with Gasteiger partial charge in [-0.05, 0) is 60.0 Å². The number of benzene rings is 2. The van der Waals surface area contributed by atoms with E-state index in [1.165, 1.54) is 7.11 Å². The number of esters is 1. The Labute approximate surface area is 190 Å². The Morgan fingerprint density at radius 2 is 1.88 bits per heavy atom. The number of furan rings is 1. The van der Waals surface area contributed by atoms with Crippen molar-refractivity contribution in [1.82, 2.24) is 0 Å². The van der Waals surface area contributed by atoms with Crippen LogP contribution in [0.25, 0.3) is 21.7 Å². The minimum atomic E-state index is -2.20. The Hall–Kier alpha value is -2.60. The molecule has 1 heterocycles. The molecule has 0 atom stereocenters. The Balaban J connectivity index is 2.02. The van der Waals surface area contributed by atoms with E-state index in [0.717, 1.165) is 50.6 Å². The second-order valence-corrected chi connectivity index (χ2v) is 15.0. The summed E-state index contributed by atoms with van der Waals surface area (Å²) in [7, 11) is -0.795. The maximum Gasteiger partial charge on any atom is 0.305 e. The molecule has 0 unspecified atom stereocenters. The number of carbonyl (C=O) groups excluding carboxylic acids is 2. The highest BCUT2D eigenvalue weighted by Gasteiger charge is 2.41. The molecule has 5 nitrogen and oxygen atoms in total. The van der Waals surface area contributed by atoms with Gasteiger partial charge < -0.3 is 13.6 Å². The van der Waals surface area contributed by atoms with Gasteiger partial charge in [-0.1, -0.05) is 32.9 Å². The Morgan fingerprint density at radius 1 is 1.16 bits per heavy atom. The summed E-state index contributed by atoms with van der Waals surface area (Å²) in [6, 6.07) is 4.00. The summed E-state index contributed by atoms with van der Waals surface area (Å²) < 4.78 is 17.9. The van der Waals surface area contributed by atoms with E-state index in [9.17, 15) is 9.59 Å². The van der Waals surface area contributed by atoms with Crippen LogP contribution in [0, 0.1) is 6.92 Å². The molecule has 6 heteroatoms. The lowest BCUT2D eigenvalue weighted by Crippen LogP contribution is -2.44. The van der Waals surface area contributed by atoms with E-state index in [1.54, 1.807) is 6.26 Å². The van der Waals surface area contributed by atoms with Crippen LogP contribution >= 0.6 is 0 Å². The van der Waals surface area contributed by atoms with Gasteiger partial charge in [-0.3, -0.25) is 9.59 Å². The minimum Gasteiger partial charge on any atom is -0.541 e. The molecule has 3 aromatic rings. The lowest BCUT2D eigenvalue weighted by molar-refractivity contribution is -0.140. The molecule has 0 amide bonds. The van der Waals surface area contributed by atoms with Crippen LogP contribution in [-0.2, 0) is 22.4 Å². The van der Waals surface area contributed by atoms with Crippen LogP contribution in [-0.4, -0.2) is 27.2 Å². The van der Waals surface area contributed by atoms with Gasteiger partial charge in [0.2, 0.25) is 0 Å². The number of Topliss-reactive ketones (excluding diaryl/α,β-unsaturated/α-hetero) is 1. The Kier molecular flexibility index (Phi) is 5.48. The number of aryl methyl sites for hydroxylation is 3. The number of ketones is 1. The number of rotatable bonds is 5. The van der Waals surface area contributed by atoms with Crippen molar-refractivity contribution in [2.24, 2.45) is 0 Å². The molecule has 0 saturated heterocycles. The number of hydrogen-bond acceptors (Lipinski definition) is 5. The van der Waals surface area contributed by atoms with Crippen molar-refractivity contribution in [3.63, 3.8) is 0 Å². The average molecular weight is 453 g/mol. The summed E-state index contributed by atoms with van der Waals surface area (Å²) in [5.74, 6) is 0.700. The predicted octanol–water partition coefficient (Wildman–Crippen LogP) is 6.51. The summed E-state index contributed by atoms with van der Waals surface area (Å²) >= 11 is 0. The van der Waals surface area contributed by atoms with Gasteiger partial charge in [-0.25, -0.2) is 0 Å². The molecule has 2 aromatic carbocycles. The summed E-state index contributed by atoms with van der Waals surface area (Å²) in [4.78, 5) is 24.3. The molecule has 32 heavy (non-hydrogen) atoms. The van der Waals surface area contributed by atoms with Gasteiger partial charge >= 0.3 is 5.97 Å². The zero-order chi connectivity index (χ0) is 23.4. The molecule has 0 aliphatic heterocycles. The number of hydrogen-bond donors (Lipinski definition) is 0. The third-order valence-electron chi connectivity index (χ3n) is 7.28. The number of carbonyl (C=O) groups is 2. The summed E-state index contributed by atoms with van der Waals surface area (Å²) in [5, 5.41) is 3.10. The molecule has 1 aliphatic carbocycles. The van der Waals surface area contributed by atoms with E-state index < -0.39 is 8.32 Å². The molecular weight excluding hydrogens is 420 g/mol. The highest BCUT2D eigenvalue weighted by atomic mass is 28.4. The fourth-order valence-electron chi connectivity index (χ4n) is 4.36. The van der Waals surface area contributed by atoms with Crippen molar-refractivity contribution in [1.29, 1.82) is 0 Å². The third-order valence-corrected chi connectivity index (χ3v) is 11.6. The predicted molar refractivity (Wildman–Crippen MR) is 129 cm³/mol. The SMILES string of the molecule is COC(=O)CCc1coc2c(O[Si](C)(C)C(C)(C)C)c3c4c(ccc3c(C)c12)C(=O)CC4. The maximum atomic E-state index is 12.5. The van der Waals surface area contributed by atoms with Gasteiger partial charge in [0.25, 0.3) is 8.32 Å². The van der Waals surface area contributed by atoms with Crippen molar-refractivity contribution in [3.05, 3.63) is 40.6 Å². The van der Waals surface area contributed by atoms with Crippen LogP contribution < -0.4 is 4.43 Å². The van der Waals surface area contributed by atoms with Crippen molar-refractivity contribution < 1.29 is 23.2 Å². The van der Waals surface area contributed by atoms with Crippen LogP contribution in [0.4, 0.5) is 0 Å². The van der Waals surface area contributed by atoms with E-state index in [-0.39, 0.29) is 16.8 Å². The summed E-state index contributed by atoms with van der Waals surface area (Å²) in [5.41, 5.74) is 4.65. The van der Waals surface area contributed by atoms with E-state index >= 15 is 0 Å². The monoisotopic (exact) mass is 452 g/mol. The van der Waals surface area contributed by atoms with Crippen molar-refractivity contribution in [2.45, 2.75) is 71.5 Å².